The number of hydrogen-bond donors (Lipinski definition) is 2. The molecule has 1 rings (SSSR count). The Labute approximate surface area is 104 Å². The van der Waals surface area contributed by atoms with Gasteiger partial charge in [0.15, 0.2) is 0 Å². The van der Waals surface area contributed by atoms with Gasteiger partial charge in [-0.2, -0.15) is 0 Å². The van der Waals surface area contributed by atoms with E-state index >= 15 is 0 Å². The predicted octanol–water partition coefficient (Wildman–Crippen LogP) is 2.34. The summed E-state index contributed by atoms with van der Waals surface area (Å²) in [6.45, 7) is 5.98. The molecule has 0 aromatic heterocycles. The monoisotopic (exact) mass is 237 g/mol. The highest BCUT2D eigenvalue weighted by molar-refractivity contribution is 5.28. The summed E-state index contributed by atoms with van der Waals surface area (Å²) in [6, 6.07) is 8.47. The molecule has 0 spiro atoms. The molecule has 0 fully saturated rings. The molecule has 1 unspecified atom stereocenters. The molecule has 0 aliphatic rings. The highest BCUT2D eigenvalue weighted by Gasteiger charge is 2.01. The van der Waals surface area contributed by atoms with Crippen molar-refractivity contribution in [3.63, 3.8) is 0 Å². The Kier molecular flexibility index (Phi) is 6.67. The number of ether oxygens (including phenoxy) is 1. The number of hydrogen-bond acceptors (Lipinski definition) is 3. The summed E-state index contributed by atoms with van der Waals surface area (Å²) in [4.78, 5) is 0. The molecule has 3 nitrogen and oxygen atoms in total. The fraction of sp³-hybridized carbons (Fsp3) is 0.571. The van der Waals surface area contributed by atoms with E-state index in [1.807, 2.05) is 12.1 Å². The van der Waals surface area contributed by atoms with Gasteiger partial charge < -0.3 is 15.2 Å². The van der Waals surface area contributed by atoms with Crippen LogP contribution in [0.1, 0.15) is 32.3 Å². The highest BCUT2D eigenvalue weighted by atomic mass is 16.5. The Morgan fingerprint density at radius 1 is 1.41 bits per heavy atom. The number of benzene rings is 1. The minimum absolute atomic E-state index is 0.230. The van der Waals surface area contributed by atoms with Crippen molar-refractivity contribution in [1.29, 1.82) is 0 Å². The van der Waals surface area contributed by atoms with Crippen molar-refractivity contribution in [2.45, 2.75) is 39.3 Å². The van der Waals surface area contributed by atoms with Crippen molar-refractivity contribution >= 4 is 0 Å². The van der Waals surface area contributed by atoms with Gasteiger partial charge in [0.2, 0.25) is 0 Å². The van der Waals surface area contributed by atoms with E-state index < -0.39 is 0 Å². The summed E-state index contributed by atoms with van der Waals surface area (Å²) >= 11 is 0. The summed E-state index contributed by atoms with van der Waals surface area (Å²) in [5.41, 5.74) is 1.21. The zero-order chi connectivity index (χ0) is 12.5. The Hall–Kier alpha value is -1.06. The van der Waals surface area contributed by atoms with Gasteiger partial charge in [-0.3, -0.25) is 0 Å². The molecule has 0 heterocycles. The molecule has 0 aliphatic heterocycles. The Morgan fingerprint density at radius 2 is 2.24 bits per heavy atom. The van der Waals surface area contributed by atoms with Crippen LogP contribution in [0, 0.1) is 0 Å². The molecule has 1 aromatic rings. The predicted molar refractivity (Wildman–Crippen MR) is 70.2 cm³/mol. The van der Waals surface area contributed by atoms with Gasteiger partial charge >= 0.3 is 0 Å². The van der Waals surface area contributed by atoms with Crippen LogP contribution in [-0.4, -0.2) is 24.4 Å². The van der Waals surface area contributed by atoms with Crippen LogP contribution in [0.3, 0.4) is 0 Å². The third kappa shape index (κ3) is 5.71. The lowest BCUT2D eigenvalue weighted by atomic mass is 10.2. The number of rotatable bonds is 8. The van der Waals surface area contributed by atoms with E-state index in [0.717, 1.165) is 31.7 Å². The smallest absolute Gasteiger partial charge is 0.119 e. The molecule has 0 saturated heterocycles. The molecule has 0 amide bonds. The number of aliphatic hydroxyl groups is 1. The van der Waals surface area contributed by atoms with Crippen molar-refractivity contribution in [1.82, 2.24) is 5.32 Å². The maximum absolute atomic E-state index is 8.82. The van der Waals surface area contributed by atoms with Crippen molar-refractivity contribution in [2.75, 3.05) is 13.2 Å². The topological polar surface area (TPSA) is 41.5 Å². The minimum Gasteiger partial charge on any atom is -0.494 e. The maximum atomic E-state index is 8.82. The Balaban J connectivity index is 2.42. The zero-order valence-corrected chi connectivity index (χ0v) is 10.8. The summed E-state index contributed by atoms with van der Waals surface area (Å²) in [6.07, 6.45) is 1.81. The lowest BCUT2D eigenvalue weighted by Gasteiger charge is -2.13. The van der Waals surface area contributed by atoms with Gasteiger partial charge in [0.25, 0.3) is 0 Å². The summed E-state index contributed by atoms with van der Waals surface area (Å²) in [5, 5.41) is 12.2. The maximum Gasteiger partial charge on any atom is 0.119 e. The van der Waals surface area contributed by atoms with E-state index in [1.54, 1.807) is 0 Å². The summed E-state index contributed by atoms with van der Waals surface area (Å²) < 4.78 is 5.58. The lowest BCUT2D eigenvalue weighted by molar-refractivity contribution is 0.268. The van der Waals surface area contributed by atoms with Gasteiger partial charge in [-0.1, -0.05) is 19.1 Å². The molecule has 17 heavy (non-hydrogen) atoms. The summed E-state index contributed by atoms with van der Waals surface area (Å²) in [7, 11) is 0. The van der Waals surface area contributed by atoms with E-state index in [-0.39, 0.29) is 6.61 Å². The zero-order valence-electron chi connectivity index (χ0n) is 10.8. The molecule has 2 N–H and O–H groups in total. The third-order valence-corrected chi connectivity index (χ3v) is 2.59. The minimum atomic E-state index is 0.230. The Bertz CT molecular complexity index is 315. The normalized spacial score (nSPS) is 12.4. The van der Waals surface area contributed by atoms with E-state index in [1.165, 1.54) is 5.56 Å². The molecule has 0 saturated carbocycles. The van der Waals surface area contributed by atoms with Crippen molar-refractivity contribution in [3.8, 4) is 5.75 Å². The van der Waals surface area contributed by atoms with E-state index in [4.69, 9.17) is 9.84 Å². The van der Waals surface area contributed by atoms with E-state index in [9.17, 15) is 0 Å². The SMILES string of the molecule is CCCOc1cccc(CNC(C)CCO)c1. The second kappa shape index (κ2) is 8.09. The van der Waals surface area contributed by atoms with Crippen LogP contribution in [0.2, 0.25) is 0 Å². The molecule has 0 radical (unpaired) electrons. The molecule has 96 valence electrons. The van der Waals surface area contributed by atoms with Crippen LogP contribution >= 0.6 is 0 Å². The third-order valence-electron chi connectivity index (χ3n) is 2.59. The second-order valence-corrected chi connectivity index (χ2v) is 4.29. The Morgan fingerprint density at radius 3 is 2.94 bits per heavy atom. The molecule has 1 atom stereocenters. The lowest BCUT2D eigenvalue weighted by Crippen LogP contribution is -2.26. The van der Waals surface area contributed by atoms with E-state index in [0.29, 0.717) is 6.04 Å². The molecular formula is C14H23NO2. The fourth-order valence-electron chi connectivity index (χ4n) is 1.55. The van der Waals surface area contributed by atoms with Crippen LogP contribution in [0.5, 0.6) is 5.75 Å². The molecular weight excluding hydrogens is 214 g/mol. The first-order valence-electron chi connectivity index (χ1n) is 6.32. The molecule has 1 aromatic carbocycles. The fourth-order valence-corrected chi connectivity index (χ4v) is 1.55. The van der Waals surface area contributed by atoms with Gasteiger partial charge in [0.05, 0.1) is 6.61 Å². The number of nitrogens with one attached hydrogen (secondary N) is 1. The first-order chi connectivity index (χ1) is 8.26. The van der Waals surface area contributed by atoms with Gasteiger partial charge in [0.1, 0.15) is 5.75 Å². The van der Waals surface area contributed by atoms with Gasteiger partial charge in [0, 0.05) is 19.2 Å². The molecule has 0 bridgehead atoms. The molecule has 0 aliphatic carbocycles. The van der Waals surface area contributed by atoms with Crippen molar-refractivity contribution < 1.29 is 9.84 Å². The van der Waals surface area contributed by atoms with Gasteiger partial charge in [-0.15, -0.1) is 0 Å². The molecule has 3 heteroatoms. The van der Waals surface area contributed by atoms with Crippen molar-refractivity contribution in [2.24, 2.45) is 0 Å². The quantitative estimate of drug-likeness (QED) is 0.729. The highest BCUT2D eigenvalue weighted by Crippen LogP contribution is 2.13. The van der Waals surface area contributed by atoms with Gasteiger partial charge in [-0.25, -0.2) is 0 Å². The van der Waals surface area contributed by atoms with Crippen LogP contribution in [-0.2, 0) is 6.54 Å². The van der Waals surface area contributed by atoms with Crippen LogP contribution in [0.15, 0.2) is 24.3 Å². The average Bonchev–Trinajstić information content (AvgIpc) is 2.35. The van der Waals surface area contributed by atoms with Crippen LogP contribution in [0.4, 0.5) is 0 Å². The second-order valence-electron chi connectivity index (χ2n) is 4.29. The van der Waals surface area contributed by atoms with E-state index in [2.05, 4.69) is 31.3 Å². The van der Waals surface area contributed by atoms with Crippen LogP contribution < -0.4 is 10.1 Å². The van der Waals surface area contributed by atoms with Crippen molar-refractivity contribution in [3.05, 3.63) is 29.8 Å². The largest absolute Gasteiger partial charge is 0.494 e. The van der Waals surface area contributed by atoms with Crippen LogP contribution in [0.25, 0.3) is 0 Å². The van der Waals surface area contributed by atoms with Gasteiger partial charge in [-0.05, 0) is 37.5 Å². The average molecular weight is 237 g/mol. The first-order valence-corrected chi connectivity index (χ1v) is 6.32. The standard InChI is InChI=1S/C14H23NO2/c1-3-9-17-14-6-4-5-13(10-14)11-15-12(2)7-8-16/h4-6,10,12,15-16H,3,7-9,11H2,1-2H3. The number of aliphatic hydroxyl groups excluding tert-OH is 1. The summed E-state index contributed by atoms with van der Waals surface area (Å²) in [5.74, 6) is 0.931. The first kappa shape index (κ1) is 14.0.